The van der Waals surface area contributed by atoms with Crippen molar-refractivity contribution in [1.82, 2.24) is 5.32 Å². The van der Waals surface area contributed by atoms with Crippen LogP contribution >= 0.6 is 0 Å². The van der Waals surface area contributed by atoms with E-state index in [1.54, 1.807) is 0 Å². The molecule has 0 aliphatic rings. The fourth-order valence-electron chi connectivity index (χ4n) is 7.69. The molecule has 0 aromatic carbocycles. The summed E-state index contributed by atoms with van der Waals surface area (Å²) in [4.78, 5) is 24.4. The number of allylic oxidation sites excluding steroid dienone is 2. The molecule has 2 unspecified atom stereocenters. The fraction of sp³-hybridized carbons (Fsp3) is 0.920. The van der Waals surface area contributed by atoms with E-state index in [0.29, 0.717) is 25.9 Å². The highest BCUT2D eigenvalue weighted by Crippen LogP contribution is 2.16. The molecule has 2 atom stereocenters. The van der Waals surface area contributed by atoms with Crippen LogP contribution in [-0.4, -0.2) is 47.4 Å². The van der Waals surface area contributed by atoms with Crippen molar-refractivity contribution in [1.29, 1.82) is 0 Å². The SMILES string of the molecule is CCCCCCCCCCCCCCC(=O)OCCCCCCCC/C=C\CCCCCCCCCC(=O)NC(CO)C(O)CCCCCCCCCCCC. The van der Waals surface area contributed by atoms with Gasteiger partial charge >= 0.3 is 5.97 Å². The summed E-state index contributed by atoms with van der Waals surface area (Å²) in [6, 6.07) is -0.547. The van der Waals surface area contributed by atoms with Crippen molar-refractivity contribution in [3.8, 4) is 0 Å². The molecule has 0 spiro atoms. The number of ether oxygens (including phenoxy) is 1. The van der Waals surface area contributed by atoms with Gasteiger partial charge < -0.3 is 20.3 Å². The van der Waals surface area contributed by atoms with E-state index in [-0.39, 0.29) is 18.5 Å². The Kier molecular flexibility index (Phi) is 45.1. The Hall–Kier alpha value is -1.40. The maximum atomic E-state index is 12.4. The number of hydrogen-bond acceptors (Lipinski definition) is 5. The van der Waals surface area contributed by atoms with E-state index < -0.39 is 12.1 Å². The van der Waals surface area contributed by atoms with Gasteiger partial charge in [0.2, 0.25) is 5.91 Å². The third-order valence-corrected chi connectivity index (χ3v) is 11.6. The molecular formula is C50H97NO5. The molecule has 1 amide bonds. The number of carbonyl (C=O) groups excluding carboxylic acids is 2. The van der Waals surface area contributed by atoms with E-state index in [0.717, 1.165) is 51.4 Å². The van der Waals surface area contributed by atoms with E-state index in [9.17, 15) is 19.8 Å². The van der Waals surface area contributed by atoms with Crippen LogP contribution in [-0.2, 0) is 14.3 Å². The Labute approximate surface area is 349 Å². The van der Waals surface area contributed by atoms with E-state index in [1.807, 2.05) is 0 Å². The second-order valence-electron chi connectivity index (χ2n) is 17.1. The molecule has 0 aromatic heterocycles. The van der Waals surface area contributed by atoms with Gasteiger partial charge in [-0.15, -0.1) is 0 Å². The minimum atomic E-state index is -0.669. The minimum absolute atomic E-state index is 0.00139. The number of hydrogen-bond donors (Lipinski definition) is 3. The maximum Gasteiger partial charge on any atom is 0.305 e. The molecule has 6 heteroatoms. The summed E-state index contributed by atoms with van der Waals surface area (Å²) in [5.41, 5.74) is 0. The summed E-state index contributed by atoms with van der Waals surface area (Å²) in [5.74, 6) is -0.0500. The van der Waals surface area contributed by atoms with Crippen molar-refractivity contribution in [2.75, 3.05) is 13.2 Å². The average Bonchev–Trinajstić information content (AvgIpc) is 3.20. The Morgan fingerprint density at radius 2 is 0.839 bits per heavy atom. The maximum absolute atomic E-state index is 12.4. The second kappa shape index (κ2) is 46.3. The fourth-order valence-corrected chi connectivity index (χ4v) is 7.69. The lowest BCUT2D eigenvalue weighted by molar-refractivity contribution is -0.143. The van der Waals surface area contributed by atoms with Crippen LogP contribution in [0.5, 0.6) is 0 Å². The topological polar surface area (TPSA) is 95.9 Å². The summed E-state index contributed by atoms with van der Waals surface area (Å²) < 4.78 is 5.45. The van der Waals surface area contributed by atoms with Crippen molar-refractivity contribution in [2.24, 2.45) is 0 Å². The summed E-state index contributed by atoms with van der Waals surface area (Å²) in [6.45, 7) is 4.91. The molecule has 0 saturated heterocycles. The van der Waals surface area contributed by atoms with Gasteiger partial charge in [-0.3, -0.25) is 9.59 Å². The van der Waals surface area contributed by atoms with Crippen LogP contribution in [0.3, 0.4) is 0 Å². The van der Waals surface area contributed by atoms with Gasteiger partial charge in [0.25, 0.3) is 0 Å². The van der Waals surface area contributed by atoms with Crippen molar-refractivity contribution in [3.63, 3.8) is 0 Å². The molecule has 0 rings (SSSR count). The van der Waals surface area contributed by atoms with Crippen LogP contribution in [0, 0.1) is 0 Å². The van der Waals surface area contributed by atoms with Gasteiger partial charge in [0, 0.05) is 12.8 Å². The Balaban J connectivity index is 3.44. The molecule has 0 bridgehead atoms. The van der Waals surface area contributed by atoms with Gasteiger partial charge in [-0.05, 0) is 51.4 Å². The number of rotatable bonds is 46. The number of amides is 1. The van der Waals surface area contributed by atoms with Gasteiger partial charge in [0.15, 0.2) is 0 Å². The Morgan fingerprint density at radius 1 is 0.482 bits per heavy atom. The molecule has 0 fully saturated rings. The third kappa shape index (κ3) is 42.2. The highest BCUT2D eigenvalue weighted by atomic mass is 16.5. The van der Waals surface area contributed by atoms with Crippen molar-refractivity contribution in [2.45, 2.75) is 283 Å². The number of esters is 1. The predicted molar refractivity (Wildman–Crippen MR) is 241 cm³/mol. The van der Waals surface area contributed by atoms with Crippen LogP contribution in [0.4, 0.5) is 0 Å². The first-order chi connectivity index (χ1) is 27.5. The quantitative estimate of drug-likeness (QED) is 0.0324. The number of unbranched alkanes of at least 4 members (excludes halogenated alkanes) is 33. The molecule has 0 heterocycles. The molecular weight excluding hydrogens is 695 g/mol. The molecule has 0 saturated carbocycles. The second-order valence-corrected chi connectivity index (χ2v) is 17.1. The van der Waals surface area contributed by atoms with Gasteiger partial charge in [-0.2, -0.15) is 0 Å². The first-order valence-electron chi connectivity index (χ1n) is 24.9. The molecule has 0 aliphatic heterocycles. The first kappa shape index (κ1) is 54.6. The minimum Gasteiger partial charge on any atom is -0.466 e. The zero-order valence-corrected chi connectivity index (χ0v) is 37.6. The standard InChI is InChI=1S/C50H97NO5/c1-3-5-7-9-11-13-15-24-28-32-36-40-44-50(55)56-45-41-37-33-29-25-22-20-18-16-17-19-21-23-27-31-35-39-43-49(54)51-47(46-52)48(53)42-38-34-30-26-14-12-10-8-6-4-2/h16,18,47-48,52-53H,3-15,17,19-46H2,1-2H3,(H,51,54)/b18-16-. The van der Waals surface area contributed by atoms with Crippen LogP contribution in [0.2, 0.25) is 0 Å². The van der Waals surface area contributed by atoms with Crippen molar-refractivity contribution < 1.29 is 24.5 Å². The van der Waals surface area contributed by atoms with Crippen LogP contribution < -0.4 is 5.32 Å². The smallest absolute Gasteiger partial charge is 0.305 e. The highest BCUT2D eigenvalue weighted by Gasteiger charge is 2.20. The summed E-state index contributed by atoms with van der Waals surface area (Å²) in [7, 11) is 0. The van der Waals surface area contributed by atoms with Crippen LogP contribution in [0.1, 0.15) is 271 Å². The van der Waals surface area contributed by atoms with Crippen molar-refractivity contribution >= 4 is 11.9 Å². The van der Waals surface area contributed by atoms with Gasteiger partial charge in [0.1, 0.15) is 0 Å². The third-order valence-electron chi connectivity index (χ3n) is 11.6. The largest absolute Gasteiger partial charge is 0.466 e. The lowest BCUT2D eigenvalue weighted by atomic mass is 10.0. The zero-order chi connectivity index (χ0) is 40.8. The molecule has 56 heavy (non-hydrogen) atoms. The van der Waals surface area contributed by atoms with Crippen LogP contribution in [0.25, 0.3) is 0 Å². The van der Waals surface area contributed by atoms with E-state index in [1.165, 1.54) is 186 Å². The van der Waals surface area contributed by atoms with Gasteiger partial charge in [-0.1, -0.05) is 219 Å². The predicted octanol–water partition coefficient (Wildman–Crippen LogP) is 14.6. The highest BCUT2D eigenvalue weighted by molar-refractivity contribution is 5.76. The Bertz CT molecular complexity index is 832. The molecule has 332 valence electrons. The molecule has 0 aromatic rings. The molecule has 3 N–H and O–H groups in total. The lowest BCUT2D eigenvalue weighted by Crippen LogP contribution is -2.45. The lowest BCUT2D eigenvalue weighted by Gasteiger charge is -2.22. The molecule has 6 nitrogen and oxygen atoms in total. The monoisotopic (exact) mass is 792 g/mol. The van der Waals surface area contributed by atoms with Gasteiger partial charge in [-0.25, -0.2) is 0 Å². The number of aliphatic hydroxyl groups excluding tert-OH is 2. The summed E-state index contributed by atoms with van der Waals surface area (Å²) in [6.07, 6.45) is 51.8. The number of aliphatic hydroxyl groups is 2. The normalized spacial score (nSPS) is 12.7. The molecule has 0 radical (unpaired) electrons. The van der Waals surface area contributed by atoms with E-state index in [2.05, 4.69) is 31.3 Å². The van der Waals surface area contributed by atoms with Gasteiger partial charge in [0.05, 0.1) is 25.4 Å². The Morgan fingerprint density at radius 3 is 1.27 bits per heavy atom. The van der Waals surface area contributed by atoms with E-state index in [4.69, 9.17) is 4.74 Å². The van der Waals surface area contributed by atoms with Crippen molar-refractivity contribution in [3.05, 3.63) is 12.2 Å². The zero-order valence-electron chi connectivity index (χ0n) is 37.6. The van der Waals surface area contributed by atoms with E-state index >= 15 is 0 Å². The molecule has 0 aliphatic carbocycles. The summed E-state index contributed by atoms with van der Waals surface area (Å²) in [5, 5.41) is 23.1. The first-order valence-corrected chi connectivity index (χ1v) is 24.9. The number of carbonyl (C=O) groups is 2. The average molecular weight is 792 g/mol. The summed E-state index contributed by atoms with van der Waals surface area (Å²) >= 11 is 0. The number of nitrogens with one attached hydrogen (secondary N) is 1. The van der Waals surface area contributed by atoms with Crippen LogP contribution in [0.15, 0.2) is 12.2 Å².